The summed E-state index contributed by atoms with van der Waals surface area (Å²) in [5.74, 6) is 0.156. The van der Waals surface area contributed by atoms with E-state index in [1.807, 2.05) is 0 Å². The molecule has 25 heavy (non-hydrogen) atoms. The van der Waals surface area contributed by atoms with E-state index >= 15 is 0 Å². The van der Waals surface area contributed by atoms with Crippen molar-refractivity contribution in [3.63, 3.8) is 0 Å². The Labute approximate surface area is 148 Å². The van der Waals surface area contributed by atoms with Crippen LogP contribution >= 0.6 is 11.6 Å². The lowest BCUT2D eigenvalue weighted by molar-refractivity contribution is -0.288. The zero-order valence-corrected chi connectivity index (χ0v) is 14.2. The van der Waals surface area contributed by atoms with Crippen LogP contribution in [0.25, 0.3) is 0 Å². The number of nitrogens with one attached hydrogen (secondary N) is 1. The first-order valence-electron chi connectivity index (χ1n) is 8.38. The average molecular weight is 375 g/mol. The van der Waals surface area contributed by atoms with Crippen molar-refractivity contribution in [3.8, 4) is 0 Å². The summed E-state index contributed by atoms with van der Waals surface area (Å²) in [4.78, 5) is 13.7. The summed E-state index contributed by atoms with van der Waals surface area (Å²) in [5, 5.41) is 2.78. The molecule has 2 saturated carbocycles. The number of amides is 2. The van der Waals surface area contributed by atoms with Gasteiger partial charge in [0, 0.05) is 22.3 Å². The van der Waals surface area contributed by atoms with Crippen molar-refractivity contribution in [2.75, 3.05) is 18.5 Å². The van der Waals surface area contributed by atoms with E-state index in [0.29, 0.717) is 12.8 Å². The topological polar surface area (TPSA) is 41.6 Å². The second-order valence-electron chi connectivity index (χ2n) is 7.06. The van der Waals surface area contributed by atoms with Crippen molar-refractivity contribution in [1.82, 2.24) is 4.90 Å². The number of nitrogens with zero attached hydrogens (tertiary/aromatic N) is 1. The Kier molecular flexibility index (Phi) is 3.92. The van der Waals surface area contributed by atoms with Gasteiger partial charge in [-0.2, -0.15) is 13.2 Å². The SMILES string of the molecule is O=C1Nc2ccc(Cl)cc2[C@@](OCC2CC2)(C(F)(F)F)CN1C1CC1. The van der Waals surface area contributed by atoms with Gasteiger partial charge in [-0.15, -0.1) is 0 Å². The van der Waals surface area contributed by atoms with Crippen molar-refractivity contribution in [1.29, 1.82) is 0 Å². The van der Waals surface area contributed by atoms with Gasteiger partial charge in [0.2, 0.25) is 5.60 Å². The smallest absolute Gasteiger partial charge is 0.359 e. The maximum Gasteiger partial charge on any atom is 0.423 e. The van der Waals surface area contributed by atoms with Crippen LogP contribution in [-0.4, -0.2) is 36.3 Å². The number of urea groups is 1. The zero-order valence-electron chi connectivity index (χ0n) is 13.4. The molecule has 0 bridgehead atoms. The average Bonchev–Trinajstić information content (AvgIpc) is 3.40. The minimum absolute atomic E-state index is 0.0260. The first-order valence-corrected chi connectivity index (χ1v) is 8.76. The highest BCUT2D eigenvalue weighted by molar-refractivity contribution is 6.30. The molecule has 8 heteroatoms. The molecule has 0 spiro atoms. The largest absolute Gasteiger partial charge is 0.423 e. The Morgan fingerprint density at radius 2 is 2.00 bits per heavy atom. The quantitative estimate of drug-likeness (QED) is 0.841. The normalized spacial score (nSPS) is 26.9. The molecule has 2 fully saturated rings. The minimum Gasteiger partial charge on any atom is -0.359 e. The van der Waals surface area contributed by atoms with Crippen LogP contribution in [0.1, 0.15) is 31.2 Å². The van der Waals surface area contributed by atoms with Gasteiger partial charge in [0.05, 0.1) is 13.2 Å². The summed E-state index contributed by atoms with van der Waals surface area (Å²) in [7, 11) is 0. The number of hydrogen-bond donors (Lipinski definition) is 1. The highest BCUT2D eigenvalue weighted by Gasteiger charge is 2.62. The highest BCUT2D eigenvalue weighted by atomic mass is 35.5. The lowest BCUT2D eigenvalue weighted by Gasteiger charge is -2.38. The van der Waals surface area contributed by atoms with Gasteiger partial charge in [0.1, 0.15) is 0 Å². The van der Waals surface area contributed by atoms with E-state index in [1.165, 1.54) is 23.1 Å². The summed E-state index contributed by atoms with van der Waals surface area (Å²) in [5.41, 5.74) is -2.59. The third kappa shape index (κ3) is 3.08. The number of benzene rings is 1. The Morgan fingerprint density at radius 3 is 2.60 bits per heavy atom. The number of carbonyl (C=O) groups excluding carboxylic acids is 1. The van der Waals surface area contributed by atoms with E-state index in [9.17, 15) is 18.0 Å². The molecule has 1 atom stereocenters. The lowest BCUT2D eigenvalue weighted by atomic mass is 9.90. The Morgan fingerprint density at radius 1 is 1.28 bits per heavy atom. The molecule has 2 amide bonds. The fraction of sp³-hybridized carbons (Fsp3) is 0.588. The summed E-state index contributed by atoms with van der Waals surface area (Å²) in [6.45, 7) is -0.523. The summed E-state index contributed by atoms with van der Waals surface area (Å²) < 4.78 is 48.5. The molecule has 1 N–H and O–H groups in total. The van der Waals surface area contributed by atoms with Gasteiger partial charge in [-0.05, 0) is 49.8 Å². The molecule has 1 aromatic rings. The summed E-state index contributed by atoms with van der Waals surface area (Å²) in [6, 6.07) is 3.44. The van der Waals surface area contributed by atoms with Crippen LogP contribution in [0.15, 0.2) is 18.2 Å². The van der Waals surface area contributed by atoms with Crippen LogP contribution in [0.2, 0.25) is 5.02 Å². The van der Waals surface area contributed by atoms with Crippen LogP contribution in [0, 0.1) is 5.92 Å². The zero-order chi connectivity index (χ0) is 17.8. The number of ether oxygens (including phenoxy) is 1. The predicted molar refractivity (Wildman–Crippen MR) is 86.6 cm³/mol. The molecule has 4 rings (SSSR count). The Hall–Kier alpha value is -1.47. The first kappa shape index (κ1) is 17.0. The summed E-state index contributed by atoms with van der Waals surface area (Å²) >= 11 is 5.98. The van der Waals surface area contributed by atoms with Crippen molar-refractivity contribution in [3.05, 3.63) is 28.8 Å². The number of hydrogen-bond acceptors (Lipinski definition) is 2. The highest BCUT2D eigenvalue weighted by Crippen LogP contribution is 2.50. The van der Waals surface area contributed by atoms with Crippen molar-refractivity contribution in [2.24, 2.45) is 5.92 Å². The molecular formula is C17H18ClF3N2O2. The Balaban J connectivity index is 1.83. The number of carbonyl (C=O) groups is 1. The maximum absolute atomic E-state index is 14.3. The van der Waals surface area contributed by atoms with Gasteiger partial charge in [-0.25, -0.2) is 4.79 Å². The van der Waals surface area contributed by atoms with Gasteiger partial charge in [-0.1, -0.05) is 11.6 Å². The molecule has 4 nitrogen and oxygen atoms in total. The van der Waals surface area contributed by atoms with Crippen LogP contribution in [0.5, 0.6) is 0 Å². The second kappa shape index (κ2) is 5.77. The molecule has 0 aromatic heterocycles. The minimum atomic E-state index is -4.68. The van der Waals surface area contributed by atoms with E-state index in [4.69, 9.17) is 16.3 Å². The lowest BCUT2D eigenvalue weighted by Crippen LogP contribution is -2.54. The van der Waals surface area contributed by atoms with Crippen molar-refractivity contribution < 1.29 is 22.7 Å². The Bertz CT molecular complexity index is 704. The molecule has 0 radical (unpaired) electrons. The number of rotatable bonds is 4. The predicted octanol–water partition coefficient (Wildman–Crippen LogP) is 4.53. The van der Waals surface area contributed by atoms with Crippen LogP contribution in [-0.2, 0) is 10.3 Å². The molecule has 0 unspecified atom stereocenters. The van der Waals surface area contributed by atoms with E-state index in [1.54, 1.807) is 0 Å². The van der Waals surface area contributed by atoms with Gasteiger partial charge in [0.15, 0.2) is 0 Å². The van der Waals surface area contributed by atoms with Crippen LogP contribution in [0.3, 0.4) is 0 Å². The number of fused-ring (bicyclic) bond motifs is 1. The van der Waals surface area contributed by atoms with Gasteiger partial charge in [-0.3, -0.25) is 0 Å². The molecule has 1 heterocycles. The van der Waals surface area contributed by atoms with Gasteiger partial charge >= 0.3 is 12.2 Å². The third-order valence-corrected chi connectivity index (χ3v) is 5.26. The fourth-order valence-corrected chi connectivity index (χ4v) is 3.39. The molecular weight excluding hydrogens is 357 g/mol. The number of halogens is 4. The molecule has 0 saturated heterocycles. The van der Waals surface area contributed by atoms with Crippen LogP contribution in [0.4, 0.5) is 23.7 Å². The maximum atomic E-state index is 14.3. The standard InChI is InChI=1S/C17H18ClF3N2O2/c18-11-3-6-14-13(7-11)16(17(19,20)21,25-8-10-1-2-10)9-23(12-4-5-12)15(24)22-14/h3,6-7,10,12H,1-2,4-5,8-9H2,(H,22,24)/t16-/m1/s1. The van der Waals surface area contributed by atoms with E-state index in [2.05, 4.69) is 5.32 Å². The summed E-state index contributed by atoms with van der Waals surface area (Å²) in [6.07, 6.45) is -1.51. The third-order valence-electron chi connectivity index (χ3n) is 5.02. The molecule has 1 aliphatic heterocycles. The molecule has 1 aromatic carbocycles. The first-order chi connectivity index (χ1) is 11.8. The fourth-order valence-electron chi connectivity index (χ4n) is 3.22. The monoisotopic (exact) mass is 374 g/mol. The molecule has 136 valence electrons. The van der Waals surface area contributed by atoms with Crippen molar-refractivity contribution in [2.45, 2.75) is 43.5 Å². The van der Waals surface area contributed by atoms with Crippen LogP contribution < -0.4 is 5.32 Å². The van der Waals surface area contributed by atoms with Gasteiger partial charge < -0.3 is 15.0 Å². The molecule has 2 aliphatic carbocycles. The van der Waals surface area contributed by atoms with E-state index in [0.717, 1.165) is 12.8 Å². The number of anilines is 1. The van der Waals surface area contributed by atoms with Gasteiger partial charge in [0.25, 0.3) is 0 Å². The van der Waals surface area contributed by atoms with Crippen molar-refractivity contribution >= 4 is 23.3 Å². The number of alkyl halides is 3. The second-order valence-corrected chi connectivity index (χ2v) is 7.49. The van der Waals surface area contributed by atoms with E-state index in [-0.39, 0.29) is 34.8 Å². The van der Waals surface area contributed by atoms with E-state index < -0.39 is 24.4 Å². The molecule has 3 aliphatic rings.